The number of halogens is 2. The molecule has 2 saturated heterocycles. The van der Waals surface area contributed by atoms with Crippen molar-refractivity contribution >= 4 is 40.3 Å². The highest BCUT2D eigenvalue weighted by Gasteiger charge is 2.47. The highest BCUT2D eigenvalue weighted by molar-refractivity contribution is 9.10. The van der Waals surface area contributed by atoms with Crippen LogP contribution in [0.2, 0.25) is 0 Å². The molecule has 2 heterocycles. The molecule has 2 aromatic rings. The number of alkyl carbamates (subject to hydrolysis) is 1. The molecule has 2 aliphatic rings. The number of piperidine rings is 1. The highest BCUT2D eigenvalue weighted by Crippen LogP contribution is 2.42. The van der Waals surface area contributed by atoms with Crippen LogP contribution in [0.3, 0.4) is 0 Å². The van der Waals surface area contributed by atoms with Crippen LogP contribution in [0.25, 0.3) is 0 Å². The molecule has 1 atom stereocenters. The van der Waals surface area contributed by atoms with Crippen molar-refractivity contribution in [1.29, 1.82) is 0 Å². The first-order valence-corrected chi connectivity index (χ1v) is 13.0. The zero-order valence-electron chi connectivity index (χ0n) is 20.9. The van der Waals surface area contributed by atoms with Crippen molar-refractivity contribution < 1.29 is 19.1 Å². The van der Waals surface area contributed by atoms with Crippen LogP contribution >= 0.6 is 28.3 Å². The lowest BCUT2D eigenvalue weighted by atomic mass is 9.77. The first kappa shape index (κ1) is 28.3. The second-order valence-corrected chi connectivity index (χ2v) is 10.4. The van der Waals surface area contributed by atoms with Crippen LogP contribution in [-0.4, -0.2) is 62.2 Å². The van der Waals surface area contributed by atoms with Gasteiger partial charge in [-0.2, -0.15) is 0 Å². The number of hydrogen-bond donors (Lipinski definition) is 1. The van der Waals surface area contributed by atoms with Gasteiger partial charge in [0.25, 0.3) is 0 Å². The summed E-state index contributed by atoms with van der Waals surface area (Å²) in [5.41, 5.74) is 1.87. The first-order chi connectivity index (χ1) is 16.9. The fourth-order valence-electron chi connectivity index (χ4n) is 5.30. The molecule has 2 fully saturated rings. The van der Waals surface area contributed by atoms with Crippen LogP contribution < -0.4 is 10.1 Å². The zero-order chi connectivity index (χ0) is 24.8. The number of amides is 2. The molecule has 0 bridgehead atoms. The summed E-state index contributed by atoms with van der Waals surface area (Å²) >= 11 is 3.47. The minimum absolute atomic E-state index is 0. The van der Waals surface area contributed by atoms with E-state index in [2.05, 4.69) is 38.3 Å². The van der Waals surface area contributed by atoms with Crippen molar-refractivity contribution in [3.8, 4) is 5.75 Å². The van der Waals surface area contributed by atoms with Crippen molar-refractivity contribution in [2.45, 2.75) is 38.3 Å². The number of carbonyl (C=O) groups excluding carboxylic acids is 2. The fraction of sp³-hybridized carbons (Fsp3) is 0.481. The van der Waals surface area contributed by atoms with Crippen LogP contribution in [0, 0.1) is 5.41 Å². The third kappa shape index (κ3) is 6.52. The Morgan fingerprint density at radius 1 is 1.06 bits per heavy atom. The molecule has 9 heteroatoms. The van der Waals surface area contributed by atoms with Crippen molar-refractivity contribution in [3.63, 3.8) is 0 Å². The molecule has 0 aliphatic carbocycles. The van der Waals surface area contributed by atoms with Gasteiger partial charge in [-0.1, -0.05) is 46.3 Å². The van der Waals surface area contributed by atoms with Crippen molar-refractivity contribution in [3.05, 3.63) is 64.1 Å². The Balaban J connectivity index is 0.00000361. The molecular weight excluding hydrogens is 546 g/mol. The summed E-state index contributed by atoms with van der Waals surface area (Å²) in [5, 5.41) is 2.95. The molecule has 2 aromatic carbocycles. The van der Waals surface area contributed by atoms with E-state index in [0.29, 0.717) is 12.5 Å². The number of nitrogens with zero attached hydrogens (tertiary/aromatic N) is 2. The standard InChI is InChI=1S/C27H34BrN3O4.ClH/c1-34-24-6-4-3-5-22(24)23(29-26(33)35-2)11-15-30-16-12-27(13-17-30)14-18-31(25(27)32)19-20-7-9-21(28)10-8-20;/h3-10,23H,11-19H2,1-2H3,(H,29,33);1H. The van der Waals surface area contributed by atoms with E-state index in [1.807, 2.05) is 41.3 Å². The van der Waals surface area contributed by atoms with Gasteiger partial charge >= 0.3 is 6.09 Å². The lowest BCUT2D eigenvalue weighted by Gasteiger charge is -2.38. The molecule has 2 aliphatic heterocycles. The quantitative estimate of drug-likeness (QED) is 0.466. The monoisotopic (exact) mass is 579 g/mol. The summed E-state index contributed by atoms with van der Waals surface area (Å²) in [4.78, 5) is 29.8. The van der Waals surface area contributed by atoms with Crippen LogP contribution in [-0.2, 0) is 16.1 Å². The number of methoxy groups -OCH3 is 2. The van der Waals surface area contributed by atoms with Crippen molar-refractivity contribution in [2.24, 2.45) is 5.41 Å². The summed E-state index contributed by atoms with van der Waals surface area (Å²) in [6, 6.07) is 15.7. The van der Waals surface area contributed by atoms with E-state index >= 15 is 0 Å². The third-order valence-electron chi connectivity index (χ3n) is 7.43. The lowest BCUT2D eigenvalue weighted by Crippen LogP contribution is -2.45. The largest absolute Gasteiger partial charge is 0.496 e. The van der Waals surface area contributed by atoms with Crippen LogP contribution in [0.5, 0.6) is 5.75 Å². The van der Waals surface area contributed by atoms with Crippen LogP contribution in [0.1, 0.15) is 42.9 Å². The van der Waals surface area contributed by atoms with Gasteiger partial charge in [-0.25, -0.2) is 4.79 Å². The van der Waals surface area contributed by atoms with Gasteiger partial charge in [0.2, 0.25) is 5.91 Å². The minimum atomic E-state index is -0.457. The Morgan fingerprint density at radius 3 is 2.39 bits per heavy atom. The number of nitrogens with one attached hydrogen (secondary N) is 1. The molecule has 0 saturated carbocycles. The summed E-state index contributed by atoms with van der Waals surface area (Å²) < 4.78 is 11.4. The third-order valence-corrected chi connectivity index (χ3v) is 7.96. The Bertz CT molecular complexity index is 1030. The molecule has 4 rings (SSSR count). The summed E-state index contributed by atoms with van der Waals surface area (Å²) in [5.74, 6) is 1.05. The van der Waals surface area contributed by atoms with Crippen LogP contribution in [0.4, 0.5) is 4.79 Å². The molecular formula is C27H35BrClN3O4. The number of carbonyl (C=O) groups is 2. The van der Waals surface area contributed by atoms with Crippen molar-refractivity contribution in [2.75, 3.05) is 40.4 Å². The van der Waals surface area contributed by atoms with E-state index in [0.717, 1.165) is 73.2 Å². The van der Waals surface area contributed by atoms with E-state index in [9.17, 15) is 9.59 Å². The number of ether oxygens (including phenoxy) is 2. The van der Waals surface area contributed by atoms with Crippen molar-refractivity contribution in [1.82, 2.24) is 15.1 Å². The summed E-state index contributed by atoms with van der Waals surface area (Å²) in [7, 11) is 3.01. The fourth-order valence-corrected chi connectivity index (χ4v) is 5.56. The van der Waals surface area contributed by atoms with E-state index in [1.165, 1.54) is 7.11 Å². The van der Waals surface area contributed by atoms with Gasteiger partial charge in [-0.05, 0) is 62.5 Å². The summed E-state index contributed by atoms with van der Waals surface area (Å²) in [6.07, 6.45) is 2.97. The average molecular weight is 581 g/mol. The van der Waals surface area contributed by atoms with E-state index < -0.39 is 6.09 Å². The maximum atomic E-state index is 13.4. The maximum absolute atomic E-state index is 13.4. The number of hydrogen-bond acceptors (Lipinski definition) is 5. The summed E-state index contributed by atoms with van der Waals surface area (Å²) in [6.45, 7) is 4.09. The van der Waals surface area contributed by atoms with Gasteiger partial charge in [0.05, 0.1) is 25.7 Å². The predicted octanol–water partition coefficient (Wildman–Crippen LogP) is 5.18. The lowest BCUT2D eigenvalue weighted by molar-refractivity contribution is -0.138. The van der Waals surface area contributed by atoms with Gasteiger partial charge in [0.1, 0.15) is 5.75 Å². The van der Waals surface area contributed by atoms with E-state index in [1.54, 1.807) is 7.11 Å². The second-order valence-electron chi connectivity index (χ2n) is 9.44. The van der Waals surface area contributed by atoms with Crippen LogP contribution in [0.15, 0.2) is 53.0 Å². The van der Waals surface area contributed by atoms with Gasteiger partial charge in [-0.3, -0.25) is 4.79 Å². The molecule has 7 nitrogen and oxygen atoms in total. The SMILES string of the molecule is COC(=O)NC(CCN1CCC2(CC1)CCN(Cc1ccc(Br)cc1)C2=O)c1ccccc1OC.Cl. The Hall–Kier alpha value is -2.29. The van der Waals surface area contributed by atoms with E-state index in [-0.39, 0.29) is 23.9 Å². The number of likely N-dealkylation sites (tertiary alicyclic amines) is 2. The molecule has 1 N–H and O–H groups in total. The molecule has 0 radical (unpaired) electrons. The highest BCUT2D eigenvalue weighted by atomic mass is 79.9. The van der Waals surface area contributed by atoms with Gasteiger partial charge in [-0.15, -0.1) is 12.4 Å². The molecule has 1 unspecified atom stereocenters. The number of rotatable bonds is 8. The second kappa shape index (κ2) is 12.8. The normalized spacial score (nSPS) is 18.0. The Labute approximate surface area is 228 Å². The maximum Gasteiger partial charge on any atom is 0.407 e. The topological polar surface area (TPSA) is 71.1 Å². The smallest absolute Gasteiger partial charge is 0.407 e. The molecule has 1 spiro atoms. The van der Waals surface area contributed by atoms with E-state index in [4.69, 9.17) is 9.47 Å². The molecule has 36 heavy (non-hydrogen) atoms. The zero-order valence-corrected chi connectivity index (χ0v) is 23.3. The molecule has 2 amide bonds. The predicted molar refractivity (Wildman–Crippen MR) is 145 cm³/mol. The molecule has 0 aromatic heterocycles. The van der Waals surface area contributed by atoms with Gasteiger partial charge in [0.15, 0.2) is 0 Å². The number of benzene rings is 2. The number of para-hydroxylation sites is 1. The minimum Gasteiger partial charge on any atom is -0.496 e. The van der Waals surface area contributed by atoms with Gasteiger partial charge < -0.3 is 24.6 Å². The first-order valence-electron chi connectivity index (χ1n) is 12.2. The average Bonchev–Trinajstić information content (AvgIpc) is 3.18. The van der Waals surface area contributed by atoms with Gasteiger partial charge in [0, 0.05) is 29.7 Å². The molecule has 196 valence electrons. The Morgan fingerprint density at radius 2 is 1.72 bits per heavy atom. The Kier molecular flexibility index (Phi) is 10.0.